The Hall–Kier alpha value is -3.02. The number of rotatable bonds is 7. The number of benzene rings is 2. The van der Waals surface area contributed by atoms with E-state index in [1.165, 1.54) is 0 Å². The van der Waals surface area contributed by atoms with Crippen molar-refractivity contribution < 1.29 is 15.0 Å². The van der Waals surface area contributed by atoms with Crippen LogP contribution < -0.4 is 11.2 Å². The fraction of sp³-hybridized carbons (Fsp3) is 0.176. The van der Waals surface area contributed by atoms with Gasteiger partial charge in [-0.15, -0.1) is 0 Å². The molecule has 0 radical (unpaired) electrons. The first-order valence-electron chi connectivity index (χ1n) is 7.19. The summed E-state index contributed by atoms with van der Waals surface area (Å²) >= 11 is 0. The van der Waals surface area contributed by atoms with Crippen LogP contribution in [0.25, 0.3) is 0 Å². The van der Waals surface area contributed by atoms with Crippen LogP contribution in [0.15, 0.2) is 53.6 Å². The molecule has 6 heteroatoms. The number of nitrogens with zero attached hydrogens (tertiary/aromatic N) is 1. The molecule has 120 valence electrons. The van der Waals surface area contributed by atoms with Gasteiger partial charge in [-0.25, -0.2) is 0 Å². The van der Waals surface area contributed by atoms with Crippen LogP contribution >= 0.6 is 0 Å². The Morgan fingerprint density at radius 3 is 2.52 bits per heavy atom. The molecule has 0 bridgehead atoms. The van der Waals surface area contributed by atoms with Crippen LogP contribution in [0, 0.1) is 0 Å². The molecule has 0 aromatic heterocycles. The first-order chi connectivity index (χ1) is 11.0. The number of phenols is 1. The number of nitrogens with one attached hydrogen (secondary N) is 1. The Balaban J connectivity index is 1.95. The third-order valence-corrected chi connectivity index (χ3v) is 3.22. The van der Waals surface area contributed by atoms with E-state index in [0.717, 1.165) is 16.7 Å². The molecule has 0 heterocycles. The number of aromatic hydroxyl groups is 1. The number of carbonyl (C=O) groups is 1. The summed E-state index contributed by atoms with van der Waals surface area (Å²) in [5, 5.41) is 21.9. The van der Waals surface area contributed by atoms with Crippen molar-refractivity contribution in [2.75, 3.05) is 6.54 Å². The van der Waals surface area contributed by atoms with Crippen molar-refractivity contribution in [2.24, 2.45) is 10.8 Å². The first kappa shape index (κ1) is 16.4. The van der Waals surface area contributed by atoms with E-state index in [0.29, 0.717) is 12.3 Å². The number of amidine groups is 1. The lowest BCUT2D eigenvalue weighted by Gasteiger charge is -2.05. The Kier molecular flexibility index (Phi) is 5.57. The van der Waals surface area contributed by atoms with Crippen LogP contribution in [0.3, 0.4) is 0 Å². The lowest BCUT2D eigenvalue weighted by Crippen LogP contribution is -2.20. The number of carboxylic acids is 1. The molecule has 23 heavy (non-hydrogen) atoms. The molecule has 0 aliphatic carbocycles. The van der Waals surface area contributed by atoms with Gasteiger partial charge in [0.15, 0.2) is 5.84 Å². The van der Waals surface area contributed by atoms with Crippen LogP contribution in [-0.2, 0) is 11.2 Å². The average molecular weight is 313 g/mol. The summed E-state index contributed by atoms with van der Waals surface area (Å²) in [7, 11) is 0. The molecule has 0 saturated heterocycles. The van der Waals surface area contributed by atoms with Gasteiger partial charge in [0, 0.05) is 12.1 Å². The first-order valence-corrected chi connectivity index (χ1v) is 7.19. The van der Waals surface area contributed by atoms with Crippen molar-refractivity contribution in [1.29, 1.82) is 0 Å². The zero-order chi connectivity index (χ0) is 16.7. The predicted molar refractivity (Wildman–Crippen MR) is 88.3 cm³/mol. The monoisotopic (exact) mass is 313 g/mol. The second-order valence-corrected chi connectivity index (χ2v) is 5.09. The lowest BCUT2D eigenvalue weighted by molar-refractivity contribution is -0.136. The number of aliphatic carboxylic acids is 1. The normalized spacial score (nSPS) is 11.2. The highest BCUT2D eigenvalue weighted by atomic mass is 16.4. The SMILES string of the molecule is N/C(=N\NCCC(=O)O)c1ccc(Cc2cccc(O)c2)cc1. The molecule has 0 fully saturated rings. The maximum atomic E-state index is 10.4. The topological polar surface area (TPSA) is 108 Å². The number of nitrogens with two attached hydrogens (primary N) is 1. The minimum atomic E-state index is -0.887. The minimum Gasteiger partial charge on any atom is -0.508 e. The molecule has 6 nitrogen and oxygen atoms in total. The summed E-state index contributed by atoms with van der Waals surface area (Å²) < 4.78 is 0. The van der Waals surface area contributed by atoms with E-state index in [2.05, 4.69) is 10.5 Å². The zero-order valence-corrected chi connectivity index (χ0v) is 12.6. The van der Waals surface area contributed by atoms with Crippen molar-refractivity contribution in [1.82, 2.24) is 5.43 Å². The Labute approximate surface area is 134 Å². The Morgan fingerprint density at radius 2 is 1.87 bits per heavy atom. The summed E-state index contributed by atoms with van der Waals surface area (Å²) in [4.78, 5) is 10.4. The highest BCUT2D eigenvalue weighted by Gasteiger charge is 2.01. The summed E-state index contributed by atoms with van der Waals surface area (Å²) in [6, 6.07) is 14.7. The molecule has 0 spiro atoms. The van der Waals surface area contributed by atoms with Gasteiger partial charge < -0.3 is 21.4 Å². The predicted octanol–water partition coefficient (Wildman–Crippen LogP) is 1.67. The van der Waals surface area contributed by atoms with Gasteiger partial charge in [-0.1, -0.05) is 36.4 Å². The van der Waals surface area contributed by atoms with E-state index in [1.54, 1.807) is 12.1 Å². The molecule has 2 aromatic rings. The maximum absolute atomic E-state index is 10.4. The zero-order valence-electron chi connectivity index (χ0n) is 12.6. The van der Waals surface area contributed by atoms with Gasteiger partial charge in [0.2, 0.25) is 0 Å². The van der Waals surface area contributed by atoms with E-state index in [1.807, 2.05) is 36.4 Å². The second-order valence-electron chi connectivity index (χ2n) is 5.09. The molecule has 2 aromatic carbocycles. The van der Waals surface area contributed by atoms with Crippen LogP contribution in [0.1, 0.15) is 23.1 Å². The van der Waals surface area contributed by atoms with Crippen LogP contribution in [0.4, 0.5) is 0 Å². The van der Waals surface area contributed by atoms with E-state index < -0.39 is 5.97 Å². The van der Waals surface area contributed by atoms with Gasteiger partial charge in [0.1, 0.15) is 5.75 Å². The van der Waals surface area contributed by atoms with Crippen LogP contribution in [0.2, 0.25) is 0 Å². The third-order valence-electron chi connectivity index (χ3n) is 3.22. The number of carboxylic acid groups (broad SMARTS) is 1. The van der Waals surface area contributed by atoms with Crippen LogP contribution in [-0.4, -0.2) is 28.6 Å². The smallest absolute Gasteiger partial charge is 0.305 e. The van der Waals surface area contributed by atoms with Gasteiger partial charge in [0.25, 0.3) is 0 Å². The van der Waals surface area contributed by atoms with Crippen molar-refractivity contribution in [2.45, 2.75) is 12.8 Å². The molecular weight excluding hydrogens is 294 g/mol. The molecule has 0 unspecified atom stereocenters. The van der Waals surface area contributed by atoms with Crippen molar-refractivity contribution in [3.05, 3.63) is 65.2 Å². The highest BCUT2D eigenvalue weighted by Crippen LogP contribution is 2.15. The van der Waals surface area contributed by atoms with E-state index in [-0.39, 0.29) is 18.7 Å². The van der Waals surface area contributed by atoms with Crippen molar-refractivity contribution >= 4 is 11.8 Å². The lowest BCUT2D eigenvalue weighted by atomic mass is 10.0. The van der Waals surface area contributed by atoms with Gasteiger partial charge in [-0.2, -0.15) is 5.10 Å². The van der Waals surface area contributed by atoms with E-state index in [4.69, 9.17) is 10.8 Å². The van der Waals surface area contributed by atoms with Gasteiger partial charge in [-0.05, 0) is 29.7 Å². The highest BCUT2D eigenvalue weighted by molar-refractivity contribution is 5.97. The molecule has 2 rings (SSSR count). The number of hydrazone groups is 1. The maximum Gasteiger partial charge on any atom is 0.305 e. The minimum absolute atomic E-state index is 0.0142. The summed E-state index contributed by atoms with van der Waals surface area (Å²) in [5.74, 6) is -0.329. The molecule has 0 aliphatic heterocycles. The largest absolute Gasteiger partial charge is 0.508 e. The number of hydrogen-bond donors (Lipinski definition) is 4. The second kappa shape index (κ2) is 7.84. The molecule has 0 atom stereocenters. The van der Waals surface area contributed by atoms with Gasteiger partial charge in [0.05, 0.1) is 6.42 Å². The molecular formula is C17H19N3O3. The summed E-state index contributed by atoms with van der Waals surface area (Å²) in [5.41, 5.74) is 11.3. The van der Waals surface area contributed by atoms with Crippen LogP contribution in [0.5, 0.6) is 5.75 Å². The summed E-state index contributed by atoms with van der Waals surface area (Å²) in [6.07, 6.45) is 0.697. The standard InChI is InChI=1S/C17H19N3O3/c18-17(20-19-9-8-16(22)23)14-6-4-12(5-7-14)10-13-2-1-3-15(21)11-13/h1-7,11,19,21H,8-10H2,(H2,18,20)(H,22,23). The number of hydrogen-bond acceptors (Lipinski definition) is 4. The Morgan fingerprint density at radius 1 is 1.13 bits per heavy atom. The fourth-order valence-corrected chi connectivity index (χ4v) is 2.06. The van der Waals surface area contributed by atoms with Crippen molar-refractivity contribution in [3.63, 3.8) is 0 Å². The van der Waals surface area contributed by atoms with Crippen molar-refractivity contribution in [3.8, 4) is 5.75 Å². The quantitative estimate of drug-likeness (QED) is 0.269. The Bertz CT molecular complexity index is 696. The molecule has 0 amide bonds. The fourth-order valence-electron chi connectivity index (χ4n) is 2.06. The third kappa shape index (κ3) is 5.35. The van der Waals surface area contributed by atoms with Gasteiger partial charge >= 0.3 is 5.97 Å². The average Bonchev–Trinajstić information content (AvgIpc) is 2.52. The summed E-state index contributed by atoms with van der Waals surface area (Å²) in [6.45, 7) is 0.228. The molecule has 0 saturated carbocycles. The molecule has 0 aliphatic rings. The number of phenolic OH excluding ortho intramolecular Hbond substituents is 1. The van der Waals surface area contributed by atoms with Gasteiger partial charge in [-0.3, -0.25) is 4.79 Å². The molecule has 5 N–H and O–H groups in total. The van der Waals surface area contributed by atoms with E-state index in [9.17, 15) is 9.90 Å². The van der Waals surface area contributed by atoms with E-state index >= 15 is 0 Å².